The van der Waals surface area contributed by atoms with Crippen molar-refractivity contribution in [2.75, 3.05) is 12.4 Å². The molecule has 1 aromatic heterocycles. The topological polar surface area (TPSA) is 37.8 Å². The third kappa shape index (κ3) is 1.23. The number of aryl methyl sites for hydroxylation is 2. The minimum Gasteiger partial charge on any atom is -0.357 e. The molecule has 0 saturated carbocycles. The molecule has 54 valence electrons. The van der Waals surface area contributed by atoms with E-state index in [2.05, 4.69) is 15.3 Å². The van der Waals surface area contributed by atoms with Gasteiger partial charge in [0.25, 0.3) is 0 Å². The second kappa shape index (κ2) is 2.64. The molecule has 3 heteroatoms. The Balaban J connectivity index is 3.04. The molecule has 0 amide bonds. The quantitative estimate of drug-likeness (QED) is 0.630. The highest BCUT2D eigenvalue weighted by Gasteiger charge is 1.94. The first-order valence-corrected chi connectivity index (χ1v) is 3.22. The molecule has 0 aliphatic carbocycles. The first-order valence-electron chi connectivity index (χ1n) is 3.22. The summed E-state index contributed by atoms with van der Waals surface area (Å²) in [6, 6.07) is 0. The van der Waals surface area contributed by atoms with Crippen LogP contribution in [0.25, 0.3) is 0 Å². The molecule has 0 aliphatic rings. The molecule has 0 unspecified atom stereocenters. The van der Waals surface area contributed by atoms with Crippen molar-refractivity contribution in [3.63, 3.8) is 0 Å². The minimum absolute atomic E-state index is 0.683. The monoisotopic (exact) mass is 137 g/mol. The summed E-state index contributed by atoms with van der Waals surface area (Å²) in [7, 11) is 1.81. The fourth-order valence-corrected chi connectivity index (χ4v) is 0.648. The van der Waals surface area contributed by atoms with Crippen molar-refractivity contribution in [1.29, 1.82) is 0 Å². The van der Waals surface area contributed by atoms with Crippen LogP contribution >= 0.6 is 0 Å². The van der Waals surface area contributed by atoms with E-state index in [0.29, 0.717) is 5.95 Å². The average Bonchev–Trinajstić information content (AvgIpc) is 1.95. The zero-order valence-corrected chi connectivity index (χ0v) is 6.47. The Hall–Kier alpha value is -1.12. The number of hydrogen-bond donors (Lipinski definition) is 1. The van der Waals surface area contributed by atoms with E-state index in [1.807, 2.05) is 27.1 Å². The van der Waals surface area contributed by atoms with Gasteiger partial charge in [-0.15, -0.1) is 0 Å². The predicted molar refractivity (Wildman–Crippen MR) is 41.1 cm³/mol. The largest absolute Gasteiger partial charge is 0.357 e. The van der Waals surface area contributed by atoms with Crippen molar-refractivity contribution in [3.05, 3.63) is 17.5 Å². The van der Waals surface area contributed by atoms with E-state index in [0.717, 1.165) is 11.3 Å². The number of rotatable bonds is 1. The Labute approximate surface area is 60.5 Å². The number of nitrogens with one attached hydrogen (secondary N) is 1. The molecule has 10 heavy (non-hydrogen) atoms. The zero-order valence-electron chi connectivity index (χ0n) is 6.47. The molecule has 0 bridgehead atoms. The van der Waals surface area contributed by atoms with Crippen LogP contribution in [0.2, 0.25) is 0 Å². The molecule has 0 fully saturated rings. The number of nitrogens with zero attached hydrogens (tertiary/aromatic N) is 2. The lowest BCUT2D eigenvalue weighted by Gasteiger charge is -2.00. The Morgan fingerprint density at radius 3 is 2.60 bits per heavy atom. The normalized spacial score (nSPS) is 9.50. The second-order valence-electron chi connectivity index (χ2n) is 2.21. The summed E-state index contributed by atoms with van der Waals surface area (Å²) in [6.45, 7) is 3.96. The molecule has 0 atom stereocenters. The molecular formula is C7H11N3. The molecule has 0 spiro atoms. The van der Waals surface area contributed by atoms with Crippen LogP contribution in [-0.2, 0) is 0 Å². The Bertz CT molecular complexity index is 232. The van der Waals surface area contributed by atoms with Crippen LogP contribution in [0.4, 0.5) is 5.95 Å². The summed E-state index contributed by atoms with van der Waals surface area (Å²) < 4.78 is 0. The summed E-state index contributed by atoms with van der Waals surface area (Å²) in [5, 5.41) is 2.87. The van der Waals surface area contributed by atoms with Crippen molar-refractivity contribution in [2.45, 2.75) is 13.8 Å². The lowest BCUT2D eigenvalue weighted by molar-refractivity contribution is 1.06. The van der Waals surface area contributed by atoms with Crippen LogP contribution < -0.4 is 5.32 Å². The average molecular weight is 137 g/mol. The van der Waals surface area contributed by atoms with Crippen LogP contribution in [0.1, 0.15) is 11.3 Å². The van der Waals surface area contributed by atoms with Gasteiger partial charge in [-0.1, -0.05) is 0 Å². The van der Waals surface area contributed by atoms with Gasteiger partial charge >= 0.3 is 0 Å². The highest BCUT2D eigenvalue weighted by atomic mass is 15.1. The van der Waals surface area contributed by atoms with Crippen LogP contribution in [0.3, 0.4) is 0 Å². The van der Waals surface area contributed by atoms with E-state index < -0.39 is 0 Å². The van der Waals surface area contributed by atoms with Crippen molar-refractivity contribution < 1.29 is 0 Å². The van der Waals surface area contributed by atoms with E-state index in [1.165, 1.54) is 0 Å². The van der Waals surface area contributed by atoms with Crippen molar-refractivity contribution >= 4 is 5.95 Å². The SMILES string of the molecule is CNc1ncc(C)c(C)n1. The van der Waals surface area contributed by atoms with Crippen molar-refractivity contribution in [1.82, 2.24) is 9.97 Å². The summed E-state index contributed by atoms with van der Waals surface area (Å²) in [5.41, 5.74) is 2.15. The summed E-state index contributed by atoms with van der Waals surface area (Å²) >= 11 is 0. The molecule has 1 N–H and O–H groups in total. The van der Waals surface area contributed by atoms with Gasteiger partial charge in [-0.25, -0.2) is 9.97 Å². The number of aromatic nitrogens is 2. The van der Waals surface area contributed by atoms with Gasteiger partial charge in [0.1, 0.15) is 0 Å². The van der Waals surface area contributed by atoms with Gasteiger partial charge in [0.05, 0.1) is 0 Å². The fourth-order valence-electron chi connectivity index (χ4n) is 0.648. The first kappa shape index (κ1) is 6.99. The maximum atomic E-state index is 4.17. The summed E-state index contributed by atoms with van der Waals surface area (Å²) in [6.07, 6.45) is 1.81. The summed E-state index contributed by atoms with van der Waals surface area (Å²) in [5.74, 6) is 0.683. The van der Waals surface area contributed by atoms with E-state index in [-0.39, 0.29) is 0 Å². The standard InChI is InChI=1S/C7H11N3/c1-5-4-9-7(8-3)10-6(5)2/h4H,1-3H3,(H,8,9,10). The highest BCUT2D eigenvalue weighted by molar-refractivity contribution is 5.27. The Kier molecular flexibility index (Phi) is 1.85. The van der Waals surface area contributed by atoms with E-state index in [9.17, 15) is 0 Å². The maximum absolute atomic E-state index is 4.17. The molecular weight excluding hydrogens is 126 g/mol. The van der Waals surface area contributed by atoms with E-state index >= 15 is 0 Å². The molecule has 0 aliphatic heterocycles. The summed E-state index contributed by atoms with van der Waals surface area (Å²) in [4.78, 5) is 8.20. The van der Waals surface area contributed by atoms with Gasteiger partial charge in [-0.2, -0.15) is 0 Å². The molecule has 1 heterocycles. The molecule has 0 aromatic carbocycles. The van der Waals surface area contributed by atoms with E-state index in [1.54, 1.807) is 0 Å². The van der Waals surface area contributed by atoms with Crippen LogP contribution in [0.15, 0.2) is 6.20 Å². The predicted octanol–water partition coefficient (Wildman–Crippen LogP) is 1.14. The van der Waals surface area contributed by atoms with Gasteiger partial charge in [0.15, 0.2) is 0 Å². The Morgan fingerprint density at radius 1 is 1.40 bits per heavy atom. The van der Waals surface area contributed by atoms with Crippen molar-refractivity contribution in [3.8, 4) is 0 Å². The lowest BCUT2D eigenvalue weighted by atomic mass is 10.3. The highest BCUT2D eigenvalue weighted by Crippen LogP contribution is 2.03. The number of hydrogen-bond acceptors (Lipinski definition) is 3. The van der Waals surface area contributed by atoms with Gasteiger partial charge in [0.2, 0.25) is 5.95 Å². The third-order valence-corrected chi connectivity index (χ3v) is 1.45. The van der Waals surface area contributed by atoms with Crippen molar-refractivity contribution in [2.24, 2.45) is 0 Å². The zero-order chi connectivity index (χ0) is 7.56. The van der Waals surface area contributed by atoms with Crippen LogP contribution in [-0.4, -0.2) is 17.0 Å². The molecule has 1 aromatic rings. The Morgan fingerprint density at radius 2 is 2.10 bits per heavy atom. The molecule has 0 saturated heterocycles. The first-order chi connectivity index (χ1) is 4.74. The second-order valence-corrected chi connectivity index (χ2v) is 2.21. The number of anilines is 1. The van der Waals surface area contributed by atoms with Gasteiger partial charge in [0, 0.05) is 18.9 Å². The molecule has 1 rings (SSSR count). The smallest absolute Gasteiger partial charge is 0.222 e. The van der Waals surface area contributed by atoms with E-state index in [4.69, 9.17) is 0 Å². The lowest BCUT2D eigenvalue weighted by Crippen LogP contribution is -1.98. The van der Waals surface area contributed by atoms with Gasteiger partial charge in [-0.3, -0.25) is 0 Å². The van der Waals surface area contributed by atoms with Gasteiger partial charge < -0.3 is 5.32 Å². The maximum Gasteiger partial charge on any atom is 0.222 e. The van der Waals surface area contributed by atoms with Crippen LogP contribution in [0.5, 0.6) is 0 Å². The fraction of sp³-hybridized carbons (Fsp3) is 0.429. The van der Waals surface area contributed by atoms with Crippen LogP contribution in [0, 0.1) is 13.8 Å². The minimum atomic E-state index is 0.683. The molecule has 3 nitrogen and oxygen atoms in total. The third-order valence-electron chi connectivity index (χ3n) is 1.45. The van der Waals surface area contributed by atoms with Gasteiger partial charge in [-0.05, 0) is 19.4 Å². The molecule has 0 radical (unpaired) electrons.